The Morgan fingerprint density at radius 1 is 1.34 bits per heavy atom. The fraction of sp³-hybridized carbons (Fsp3) is 0.316. The third-order valence-corrected chi connectivity index (χ3v) is 4.89. The summed E-state index contributed by atoms with van der Waals surface area (Å²) >= 11 is 7.01. The van der Waals surface area contributed by atoms with E-state index in [2.05, 4.69) is 11.9 Å². The van der Waals surface area contributed by atoms with E-state index in [1.807, 2.05) is 0 Å². The SMILES string of the molecule is C=CCOc1c(Cl)cc(/C=C2\SC(=O)N(CC(=O)NCCOC)C2=O)cc1OC. The van der Waals surface area contributed by atoms with E-state index in [1.165, 1.54) is 20.3 Å². The van der Waals surface area contributed by atoms with Crippen molar-refractivity contribution >= 4 is 46.5 Å². The first-order valence-electron chi connectivity index (χ1n) is 8.53. The summed E-state index contributed by atoms with van der Waals surface area (Å²) in [6, 6.07) is 3.23. The molecule has 156 valence electrons. The molecule has 0 atom stereocenters. The monoisotopic (exact) mass is 440 g/mol. The summed E-state index contributed by atoms with van der Waals surface area (Å²) in [6.45, 7) is 4.10. The maximum Gasteiger partial charge on any atom is 0.294 e. The lowest BCUT2D eigenvalue weighted by atomic mass is 10.1. The van der Waals surface area contributed by atoms with Crippen LogP contribution in [0.3, 0.4) is 0 Å². The van der Waals surface area contributed by atoms with Crippen molar-refractivity contribution in [3.8, 4) is 11.5 Å². The first-order valence-corrected chi connectivity index (χ1v) is 9.73. The van der Waals surface area contributed by atoms with Gasteiger partial charge in [0.05, 0.1) is 23.6 Å². The predicted octanol–water partition coefficient (Wildman–Crippen LogP) is 2.71. The van der Waals surface area contributed by atoms with Gasteiger partial charge in [-0.25, -0.2) is 0 Å². The topological polar surface area (TPSA) is 94.2 Å². The molecule has 1 N–H and O–H groups in total. The Morgan fingerprint density at radius 2 is 2.10 bits per heavy atom. The highest BCUT2D eigenvalue weighted by Crippen LogP contribution is 2.38. The quantitative estimate of drug-likeness (QED) is 0.339. The molecule has 2 rings (SSSR count). The van der Waals surface area contributed by atoms with Crippen molar-refractivity contribution in [1.29, 1.82) is 0 Å². The minimum Gasteiger partial charge on any atom is -0.493 e. The smallest absolute Gasteiger partial charge is 0.294 e. The van der Waals surface area contributed by atoms with Gasteiger partial charge >= 0.3 is 0 Å². The zero-order valence-electron chi connectivity index (χ0n) is 16.0. The number of imide groups is 1. The molecule has 29 heavy (non-hydrogen) atoms. The van der Waals surface area contributed by atoms with E-state index in [0.717, 1.165) is 16.7 Å². The summed E-state index contributed by atoms with van der Waals surface area (Å²) < 4.78 is 15.6. The number of carbonyl (C=O) groups excluding carboxylic acids is 3. The van der Waals surface area contributed by atoms with Crippen molar-refractivity contribution in [2.75, 3.05) is 40.5 Å². The molecule has 10 heteroatoms. The molecule has 0 unspecified atom stereocenters. The van der Waals surface area contributed by atoms with Crippen molar-refractivity contribution in [1.82, 2.24) is 10.2 Å². The second-order valence-electron chi connectivity index (χ2n) is 5.74. The summed E-state index contributed by atoms with van der Waals surface area (Å²) in [5, 5.41) is 2.33. The highest BCUT2D eigenvalue weighted by molar-refractivity contribution is 8.18. The average molecular weight is 441 g/mol. The van der Waals surface area contributed by atoms with Crippen LogP contribution in [0.4, 0.5) is 4.79 Å². The first kappa shape index (κ1) is 22.8. The van der Waals surface area contributed by atoms with Crippen molar-refractivity contribution in [2.45, 2.75) is 0 Å². The molecule has 1 aliphatic rings. The van der Waals surface area contributed by atoms with Gasteiger partial charge in [0, 0.05) is 13.7 Å². The fourth-order valence-corrected chi connectivity index (χ4v) is 3.50. The minimum atomic E-state index is -0.552. The predicted molar refractivity (Wildman–Crippen MR) is 111 cm³/mol. The Balaban J connectivity index is 2.17. The zero-order valence-corrected chi connectivity index (χ0v) is 17.6. The molecule has 0 radical (unpaired) electrons. The van der Waals surface area contributed by atoms with Crippen LogP contribution in [0.5, 0.6) is 11.5 Å². The number of nitrogens with zero attached hydrogens (tertiary/aromatic N) is 1. The maximum atomic E-state index is 12.5. The molecule has 1 aromatic rings. The van der Waals surface area contributed by atoms with Gasteiger partial charge in [0.15, 0.2) is 11.5 Å². The van der Waals surface area contributed by atoms with Crippen molar-refractivity contribution in [2.24, 2.45) is 0 Å². The van der Waals surface area contributed by atoms with Gasteiger partial charge in [0.25, 0.3) is 11.1 Å². The summed E-state index contributed by atoms with van der Waals surface area (Å²) in [4.78, 5) is 37.7. The van der Waals surface area contributed by atoms with Crippen LogP contribution in [-0.4, -0.2) is 62.5 Å². The Morgan fingerprint density at radius 3 is 2.76 bits per heavy atom. The third kappa shape index (κ3) is 5.99. The van der Waals surface area contributed by atoms with Crippen LogP contribution in [-0.2, 0) is 14.3 Å². The van der Waals surface area contributed by atoms with Crippen LogP contribution in [0.1, 0.15) is 5.56 Å². The van der Waals surface area contributed by atoms with E-state index >= 15 is 0 Å². The molecule has 1 heterocycles. The van der Waals surface area contributed by atoms with Crippen LogP contribution < -0.4 is 14.8 Å². The number of thioether (sulfide) groups is 1. The lowest BCUT2D eigenvalue weighted by Gasteiger charge is -2.13. The molecule has 1 fully saturated rings. The van der Waals surface area contributed by atoms with Crippen LogP contribution in [0, 0.1) is 0 Å². The van der Waals surface area contributed by atoms with Gasteiger partial charge in [-0.2, -0.15) is 0 Å². The lowest BCUT2D eigenvalue weighted by Crippen LogP contribution is -2.40. The van der Waals surface area contributed by atoms with Crippen molar-refractivity contribution in [3.63, 3.8) is 0 Å². The number of nitrogens with one attached hydrogen (secondary N) is 1. The van der Waals surface area contributed by atoms with E-state index in [-0.39, 0.29) is 23.1 Å². The molecule has 0 spiro atoms. The minimum absolute atomic E-state index is 0.178. The molecule has 1 saturated heterocycles. The number of methoxy groups -OCH3 is 2. The summed E-state index contributed by atoms with van der Waals surface area (Å²) in [7, 11) is 2.97. The Labute approximate surface area is 177 Å². The van der Waals surface area contributed by atoms with E-state index in [4.69, 9.17) is 25.8 Å². The molecular weight excluding hydrogens is 420 g/mol. The number of carbonyl (C=O) groups is 3. The van der Waals surface area contributed by atoms with Gasteiger partial charge in [-0.05, 0) is 35.5 Å². The number of ether oxygens (including phenoxy) is 3. The number of hydrogen-bond donors (Lipinski definition) is 1. The number of rotatable bonds is 10. The largest absolute Gasteiger partial charge is 0.493 e. The van der Waals surface area contributed by atoms with Crippen LogP contribution in [0.25, 0.3) is 6.08 Å². The summed E-state index contributed by atoms with van der Waals surface area (Å²) in [5.41, 5.74) is 0.549. The van der Waals surface area contributed by atoms with Gasteiger partial charge < -0.3 is 19.5 Å². The molecule has 0 aromatic heterocycles. The second kappa shape index (κ2) is 10.9. The molecule has 8 nitrogen and oxygen atoms in total. The molecule has 0 bridgehead atoms. The normalized spacial score (nSPS) is 15.0. The second-order valence-corrected chi connectivity index (χ2v) is 7.14. The first-order chi connectivity index (χ1) is 13.9. The highest BCUT2D eigenvalue weighted by Gasteiger charge is 2.36. The van der Waals surface area contributed by atoms with E-state index < -0.39 is 17.1 Å². The van der Waals surface area contributed by atoms with Gasteiger partial charge in [-0.15, -0.1) is 0 Å². The number of amides is 3. The molecule has 3 amide bonds. The van der Waals surface area contributed by atoms with Gasteiger partial charge in [0.1, 0.15) is 13.2 Å². The van der Waals surface area contributed by atoms with E-state index in [1.54, 1.807) is 18.2 Å². The standard InChI is InChI=1S/C19H21ClN2O6S/c1-4-6-28-17-13(20)8-12(9-14(17)27-3)10-15-18(24)22(19(25)29-15)11-16(23)21-5-7-26-2/h4,8-10H,1,5-7,11H2,2-3H3,(H,21,23)/b15-10-. The van der Waals surface area contributed by atoms with Gasteiger partial charge in [-0.3, -0.25) is 19.3 Å². The third-order valence-electron chi connectivity index (χ3n) is 3.70. The Hall–Kier alpha value is -2.49. The summed E-state index contributed by atoms with van der Waals surface area (Å²) in [5.74, 6) is -0.266. The average Bonchev–Trinajstić information content (AvgIpc) is 2.94. The van der Waals surface area contributed by atoms with E-state index in [0.29, 0.717) is 30.2 Å². The van der Waals surface area contributed by atoms with Gasteiger partial charge in [-0.1, -0.05) is 24.3 Å². The zero-order chi connectivity index (χ0) is 21.4. The van der Waals surface area contributed by atoms with E-state index in [9.17, 15) is 14.4 Å². The molecule has 1 aliphatic heterocycles. The van der Waals surface area contributed by atoms with Crippen LogP contribution in [0.15, 0.2) is 29.7 Å². The summed E-state index contributed by atoms with van der Waals surface area (Å²) in [6.07, 6.45) is 3.09. The lowest BCUT2D eigenvalue weighted by molar-refractivity contribution is -0.129. The number of hydrogen-bond acceptors (Lipinski definition) is 7. The van der Waals surface area contributed by atoms with Crippen molar-refractivity contribution in [3.05, 3.63) is 40.3 Å². The number of benzene rings is 1. The van der Waals surface area contributed by atoms with Crippen molar-refractivity contribution < 1.29 is 28.6 Å². The molecular formula is C19H21ClN2O6S. The fourth-order valence-electron chi connectivity index (χ4n) is 2.39. The molecule has 0 saturated carbocycles. The Kier molecular flexibility index (Phi) is 8.56. The molecule has 0 aliphatic carbocycles. The van der Waals surface area contributed by atoms with Crippen LogP contribution >= 0.6 is 23.4 Å². The Bertz CT molecular complexity index is 842. The maximum absolute atomic E-state index is 12.5. The number of halogens is 1. The molecule has 1 aromatic carbocycles. The van der Waals surface area contributed by atoms with Gasteiger partial charge in [0.2, 0.25) is 5.91 Å². The highest BCUT2D eigenvalue weighted by atomic mass is 35.5. The van der Waals surface area contributed by atoms with Crippen LogP contribution in [0.2, 0.25) is 5.02 Å².